The molecule has 1 aliphatic rings. The van der Waals surface area contributed by atoms with Gasteiger partial charge in [-0.2, -0.15) is 0 Å². The molecule has 9 heteroatoms. The van der Waals surface area contributed by atoms with E-state index in [2.05, 4.69) is 19.3 Å². The highest BCUT2D eigenvalue weighted by atomic mass is 32.2. The van der Waals surface area contributed by atoms with Crippen LogP contribution in [0.3, 0.4) is 0 Å². The van der Waals surface area contributed by atoms with Crippen molar-refractivity contribution >= 4 is 28.0 Å². The van der Waals surface area contributed by atoms with Gasteiger partial charge in [-0.1, -0.05) is 0 Å². The van der Waals surface area contributed by atoms with E-state index in [1.165, 1.54) is 17.4 Å². The smallest absolute Gasteiger partial charge is 0.253 e. The zero-order chi connectivity index (χ0) is 19.3. The van der Waals surface area contributed by atoms with Gasteiger partial charge in [0.05, 0.1) is 0 Å². The average Bonchev–Trinajstić information content (AvgIpc) is 3.36. The van der Waals surface area contributed by atoms with Crippen LogP contribution in [0.25, 0.3) is 22.6 Å². The van der Waals surface area contributed by atoms with Gasteiger partial charge in [0.25, 0.3) is 5.56 Å². The van der Waals surface area contributed by atoms with Crippen LogP contribution in [0.1, 0.15) is 24.2 Å². The van der Waals surface area contributed by atoms with Crippen molar-refractivity contribution in [1.82, 2.24) is 24.1 Å². The van der Waals surface area contributed by atoms with E-state index in [-0.39, 0.29) is 5.56 Å². The van der Waals surface area contributed by atoms with Crippen molar-refractivity contribution in [2.75, 3.05) is 11.0 Å². The minimum absolute atomic E-state index is 0.0533. The number of fused-ring (bicyclic) bond motifs is 1. The highest BCUT2D eigenvalue weighted by molar-refractivity contribution is 7.85. The number of rotatable bonds is 5. The first kappa shape index (κ1) is 17.8. The van der Waals surface area contributed by atoms with Gasteiger partial charge >= 0.3 is 0 Å². The van der Waals surface area contributed by atoms with Gasteiger partial charge in [0.2, 0.25) is 0 Å². The van der Waals surface area contributed by atoms with Crippen LogP contribution >= 0.6 is 0 Å². The van der Waals surface area contributed by atoms with Crippen molar-refractivity contribution in [2.24, 2.45) is 13.0 Å². The second-order valence-corrected chi connectivity index (χ2v) is 8.28. The first-order valence-electron chi connectivity index (χ1n) is 8.86. The first-order valence-corrected chi connectivity index (χ1v) is 10.4. The molecule has 3 aromatic rings. The van der Waals surface area contributed by atoms with Gasteiger partial charge in [0.1, 0.15) is 16.8 Å². The van der Waals surface area contributed by atoms with Crippen molar-refractivity contribution in [3.63, 3.8) is 0 Å². The maximum atomic E-state index is 12.0. The van der Waals surface area contributed by atoms with Crippen molar-refractivity contribution in [3.8, 4) is 11.4 Å². The fraction of sp³-hybridized carbons (Fsp3) is 0.444. The third kappa shape index (κ3) is 3.39. The van der Waals surface area contributed by atoms with E-state index in [9.17, 15) is 9.00 Å². The Morgan fingerprint density at radius 1 is 1.26 bits per heavy atom. The Kier molecular flexibility index (Phi) is 4.33. The van der Waals surface area contributed by atoms with E-state index < -0.39 is 11.0 Å². The molecular weight excluding hydrogens is 364 g/mol. The molecule has 0 radical (unpaired) electrons. The normalized spacial score (nSPS) is 15.3. The van der Waals surface area contributed by atoms with Gasteiger partial charge in [-0.3, -0.25) is 9.52 Å². The standard InChI is InChI=1S/C18H22N6O2S/c1-10-7-13(9-23(3)18(10)25)15-20-16(22-27(4)26)14-17(21-15)24(11(2)19-14)8-12-5-6-12/h7,9,12H,5-6,8H2,1-4H3,(H,20,21,22). The van der Waals surface area contributed by atoms with Crippen LogP contribution in [0.2, 0.25) is 0 Å². The highest BCUT2D eigenvalue weighted by Gasteiger charge is 2.25. The maximum Gasteiger partial charge on any atom is 0.253 e. The predicted molar refractivity (Wildman–Crippen MR) is 106 cm³/mol. The Balaban J connectivity index is 1.95. The van der Waals surface area contributed by atoms with E-state index in [1.54, 1.807) is 32.5 Å². The second kappa shape index (κ2) is 6.56. The van der Waals surface area contributed by atoms with E-state index in [1.807, 2.05) is 6.92 Å². The molecule has 1 unspecified atom stereocenters. The van der Waals surface area contributed by atoms with Crippen molar-refractivity contribution in [1.29, 1.82) is 0 Å². The van der Waals surface area contributed by atoms with Gasteiger partial charge in [0.15, 0.2) is 22.8 Å². The number of nitrogens with zero attached hydrogens (tertiary/aromatic N) is 5. The van der Waals surface area contributed by atoms with Crippen molar-refractivity contribution in [2.45, 2.75) is 33.2 Å². The number of anilines is 1. The number of pyridine rings is 1. The predicted octanol–water partition coefficient (Wildman–Crippen LogP) is 1.92. The lowest BCUT2D eigenvalue weighted by Crippen LogP contribution is -2.18. The topological polar surface area (TPSA) is 94.7 Å². The third-order valence-corrected chi connectivity index (χ3v) is 5.27. The number of aromatic nitrogens is 5. The number of hydrogen-bond acceptors (Lipinski definition) is 5. The number of imidazole rings is 1. The Bertz CT molecular complexity index is 1100. The minimum atomic E-state index is -1.29. The molecule has 3 aromatic heterocycles. The molecule has 0 saturated heterocycles. The van der Waals surface area contributed by atoms with Crippen molar-refractivity contribution < 1.29 is 4.21 Å². The molecule has 0 spiro atoms. The fourth-order valence-electron chi connectivity index (χ4n) is 3.22. The maximum absolute atomic E-state index is 12.0. The van der Waals surface area contributed by atoms with Crippen LogP contribution in [-0.2, 0) is 24.6 Å². The Morgan fingerprint density at radius 3 is 2.63 bits per heavy atom. The van der Waals surface area contributed by atoms with Gasteiger partial charge in [-0.25, -0.2) is 19.2 Å². The van der Waals surface area contributed by atoms with E-state index >= 15 is 0 Å². The Hall–Kier alpha value is -2.55. The Labute approximate surface area is 159 Å². The lowest BCUT2D eigenvalue weighted by molar-refractivity contribution is 0.621. The molecule has 1 N–H and O–H groups in total. The molecule has 0 bridgehead atoms. The first-order chi connectivity index (χ1) is 12.8. The molecule has 1 fully saturated rings. The summed E-state index contributed by atoms with van der Waals surface area (Å²) in [6, 6.07) is 1.78. The molecule has 0 amide bonds. The number of hydrogen-bond donors (Lipinski definition) is 1. The monoisotopic (exact) mass is 386 g/mol. The molecule has 1 saturated carbocycles. The molecule has 27 heavy (non-hydrogen) atoms. The molecule has 1 atom stereocenters. The van der Waals surface area contributed by atoms with E-state index in [0.717, 1.165) is 23.6 Å². The average molecular weight is 386 g/mol. The molecular formula is C18H22N6O2S. The zero-order valence-electron chi connectivity index (χ0n) is 15.8. The van der Waals surface area contributed by atoms with Gasteiger partial charge in [-0.15, -0.1) is 0 Å². The quantitative estimate of drug-likeness (QED) is 0.723. The molecule has 1 aliphatic carbocycles. The largest absolute Gasteiger partial charge is 0.318 e. The van der Waals surface area contributed by atoms with E-state index in [0.29, 0.717) is 28.6 Å². The fourth-order valence-corrected chi connectivity index (χ4v) is 3.64. The lowest BCUT2D eigenvalue weighted by Gasteiger charge is -2.10. The molecule has 0 aromatic carbocycles. The summed E-state index contributed by atoms with van der Waals surface area (Å²) in [6.45, 7) is 4.60. The minimum Gasteiger partial charge on any atom is -0.318 e. The van der Waals surface area contributed by atoms with Crippen molar-refractivity contribution in [3.05, 3.63) is 34.0 Å². The summed E-state index contributed by atoms with van der Waals surface area (Å²) in [5.74, 6) is 2.45. The summed E-state index contributed by atoms with van der Waals surface area (Å²) in [7, 11) is 0.417. The molecule has 8 nitrogen and oxygen atoms in total. The molecule has 4 rings (SSSR count). The summed E-state index contributed by atoms with van der Waals surface area (Å²) in [4.78, 5) is 26.0. The van der Waals surface area contributed by atoms with E-state index in [4.69, 9.17) is 4.98 Å². The number of aryl methyl sites for hydroxylation is 3. The van der Waals surface area contributed by atoms with Crippen LogP contribution in [0, 0.1) is 19.8 Å². The zero-order valence-corrected chi connectivity index (χ0v) is 16.6. The summed E-state index contributed by atoms with van der Waals surface area (Å²) in [5, 5.41) is 0. The summed E-state index contributed by atoms with van der Waals surface area (Å²) in [5.41, 5.74) is 2.65. The lowest BCUT2D eigenvalue weighted by atomic mass is 10.2. The van der Waals surface area contributed by atoms with Crippen LogP contribution in [0.4, 0.5) is 5.82 Å². The summed E-state index contributed by atoms with van der Waals surface area (Å²) in [6.07, 6.45) is 5.72. The third-order valence-electron chi connectivity index (χ3n) is 4.78. The van der Waals surface area contributed by atoms with Gasteiger partial charge in [-0.05, 0) is 38.7 Å². The van der Waals surface area contributed by atoms with Crippen LogP contribution in [0.5, 0.6) is 0 Å². The summed E-state index contributed by atoms with van der Waals surface area (Å²) < 4.78 is 18.3. The Morgan fingerprint density at radius 2 is 2.00 bits per heavy atom. The van der Waals surface area contributed by atoms with Gasteiger partial charge in [0, 0.05) is 37.2 Å². The second-order valence-electron chi connectivity index (χ2n) is 7.17. The highest BCUT2D eigenvalue weighted by Crippen LogP contribution is 2.33. The SMILES string of the molecule is Cc1cc(-c2nc(NS(C)=O)c3nc(C)n(CC4CC4)c3n2)cn(C)c1=O. The van der Waals surface area contributed by atoms with Crippen LogP contribution in [0.15, 0.2) is 17.1 Å². The van der Waals surface area contributed by atoms with Gasteiger partial charge < -0.3 is 9.13 Å². The molecule has 0 aliphatic heterocycles. The number of nitrogens with one attached hydrogen (secondary N) is 1. The van der Waals surface area contributed by atoms with Crippen LogP contribution < -0.4 is 10.3 Å². The van der Waals surface area contributed by atoms with Crippen LogP contribution in [-0.4, -0.2) is 34.6 Å². The summed E-state index contributed by atoms with van der Waals surface area (Å²) >= 11 is 0. The molecule has 142 valence electrons. The molecule has 3 heterocycles.